The first-order chi connectivity index (χ1) is 9.58. The number of likely N-dealkylation sites (tertiary alicyclic amines) is 1. The van der Waals surface area contributed by atoms with Gasteiger partial charge in [-0.05, 0) is 37.8 Å². The molecule has 0 radical (unpaired) electrons. The highest BCUT2D eigenvalue weighted by molar-refractivity contribution is 5.77. The molecule has 20 heavy (non-hydrogen) atoms. The van der Waals surface area contributed by atoms with Crippen molar-refractivity contribution < 1.29 is 13.9 Å². The van der Waals surface area contributed by atoms with Gasteiger partial charge in [-0.1, -0.05) is 12.1 Å². The van der Waals surface area contributed by atoms with Gasteiger partial charge < -0.3 is 15.4 Å². The lowest BCUT2D eigenvalue weighted by Crippen LogP contribution is -2.46. The first kappa shape index (κ1) is 14.8. The second-order valence-corrected chi connectivity index (χ2v) is 5.32. The van der Waals surface area contributed by atoms with Crippen LogP contribution in [0.2, 0.25) is 0 Å². The van der Waals surface area contributed by atoms with Crippen LogP contribution in [0.5, 0.6) is 5.75 Å². The van der Waals surface area contributed by atoms with Gasteiger partial charge in [0.1, 0.15) is 0 Å². The van der Waals surface area contributed by atoms with Gasteiger partial charge in [0.15, 0.2) is 18.2 Å². The molecule has 110 valence electrons. The van der Waals surface area contributed by atoms with E-state index < -0.39 is 5.82 Å². The fourth-order valence-electron chi connectivity index (χ4n) is 2.46. The maximum absolute atomic E-state index is 13.4. The van der Waals surface area contributed by atoms with E-state index in [1.54, 1.807) is 17.0 Å². The molecular formula is C15H21FN2O2. The van der Waals surface area contributed by atoms with E-state index >= 15 is 0 Å². The first-order valence-corrected chi connectivity index (χ1v) is 6.98. The molecule has 2 N–H and O–H groups in total. The zero-order chi connectivity index (χ0) is 14.5. The van der Waals surface area contributed by atoms with Crippen LogP contribution in [-0.2, 0) is 4.79 Å². The molecule has 4 nitrogen and oxygen atoms in total. The minimum atomic E-state index is -0.451. The topological polar surface area (TPSA) is 55.6 Å². The second-order valence-electron chi connectivity index (χ2n) is 5.32. The Hall–Kier alpha value is -1.62. The number of piperidine rings is 1. The molecule has 0 aliphatic carbocycles. The molecule has 1 aromatic carbocycles. The molecule has 0 aromatic heterocycles. The summed E-state index contributed by atoms with van der Waals surface area (Å²) in [5, 5.41) is 0. The van der Waals surface area contributed by atoms with E-state index in [1.165, 1.54) is 12.1 Å². The number of ether oxygens (including phenoxy) is 1. The summed E-state index contributed by atoms with van der Waals surface area (Å²) in [6, 6.07) is 6.17. The van der Waals surface area contributed by atoms with Crippen molar-refractivity contribution >= 4 is 5.91 Å². The van der Waals surface area contributed by atoms with E-state index in [0.717, 1.165) is 19.4 Å². The lowest BCUT2D eigenvalue weighted by molar-refractivity contribution is -0.135. The molecule has 1 aliphatic rings. The molecule has 0 saturated carbocycles. The van der Waals surface area contributed by atoms with E-state index in [2.05, 4.69) is 0 Å². The average molecular weight is 280 g/mol. The highest BCUT2D eigenvalue weighted by Crippen LogP contribution is 2.19. The normalized spacial score (nSPS) is 20.6. The van der Waals surface area contributed by atoms with Crippen molar-refractivity contribution in [2.75, 3.05) is 19.7 Å². The molecule has 1 amide bonds. The zero-order valence-corrected chi connectivity index (χ0v) is 11.7. The van der Waals surface area contributed by atoms with Crippen molar-refractivity contribution in [3.05, 3.63) is 30.1 Å². The fraction of sp³-hybridized carbons (Fsp3) is 0.533. The highest BCUT2D eigenvalue weighted by atomic mass is 19.1. The molecule has 1 aliphatic heterocycles. The van der Waals surface area contributed by atoms with Crippen LogP contribution in [-0.4, -0.2) is 36.5 Å². The summed E-state index contributed by atoms with van der Waals surface area (Å²) in [5.41, 5.74) is 5.90. The van der Waals surface area contributed by atoms with E-state index in [1.807, 2.05) is 6.92 Å². The van der Waals surface area contributed by atoms with Crippen molar-refractivity contribution in [1.82, 2.24) is 4.90 Å². The predicted octanol–water partition coefficient (Wildman–Crippen LogP) is 1.79. The number of nitrogens with two attached hydrogens (primary N) is 1. The second kappa shape index (κ2) is 6.70. The third-order valence-corrected chi connectivity index (χ3v) is 3.74. The van der Waals surface area contributed by atoms with Crippen LogP contribution in [0.25, 0.3) is 0 Å². The van der Waals surface area contributed by atoms with Crippen molar-refractivity contribution in [1.29, 1.82) is 0 Å². The third kappa shape index (κ3) is 3.70. The van der Waals surface area contributed by atoms with E-state index in [0.29, 0.717) is 12.5 Å². The van der Waals surface area contributed by atoms with E-state index in [-0.39, 0.29) is 24.3 Å². The smallest absolute Gasteiger partial charge is 0.260 e. The van der Waals surface area contributed by atoms with Gasteiger partial charge in [-0.3, -0.25) is 4.79 Å². The Kier molecular flexibility index (Phi) is 4.95. The van der Waals surface area contributed by atoms with Crippen molar-refractivity contribution in [2.45, 2.75) is 25.8 Å². The number of carbonyl (C=O) groups is 1. The van der Waals surface area contributed by atoms with E-state index in [9.17, 15) is 9.18 Å². The summed E-state index contributed by atoms with van der Waals surface area (Å²) in [5.74, 6) is -0.117. The Labute approximate surface area is 118 Å². The summed E-state index contributed by atoms with van der Waals surface area (Å²) >= 11 is 0. The molecule has 2 atom stereocenters. The molecule has 1 heterocycles. The van der Waals surface area contributed by atoms with Gasteiger partial charge in [-0.25, -0.2) is 4.39 Å². The number of rotatable bonds is 4. The molecule has 0 unspecified atom stereocenters. The lowest BCUT2D eigenvalue weighted by Gasteiger charge is -2.34. The predicted molar refractivity (Wildman–Crippen MR) is 74.8 cm³/mol. The van der Waals surface area contributed by atoms with Gasteiger partial charge >= 0.3 is 0 Å². The van der Waals surface area contributed by atoms with Crippen LogP contribution in [0.4, 0.5) is 4.39 Å². The van der Waals surface area contributed by atoms with Crippen molar-refractivity contribution in [3.8, 4) is 5.75 Å². The van der Waals surface area contributed by atoms with E-state index in [4.69, 9.17) is 10.5 Å². The quantitative estimate of drug-likeness (QED) is 0.915. The van der Waals surface area contributed by atoms with Crippen LogP contribution in [0.15, 0.2) is 24.3 Å². The van der Waals surface area contributed by atoms with Crippen LogP contribution in [0, 0.1) is 11.7 Å². The molecule has 1 aromatic rings. The Morgan fingerprint density at radius 2 is 2.30 bits per heavy atom. The third-order valence-electron chi connectivity index (χ3n) is 3.74. The number of amides is 1. The largest absolute Gasteiger partial charge is 0.481 e. The Balaban J connectivity index is 1.87. The van der Waals surface area contributed by atoms with Gasteiger partial charge in [0.25, 0.3) is 5.91 Å². The number of halogens is 1. The minimum Gasteiger partial charge on any atom is -0.481 e. The molecule has 0 bridgehead atoms. The highest BCUT2D eigenvalue weighted by Gasteiger charge is 2.26. The maximum Gasteiger partial charge on any atom is 0.260 e. The SMILES string of the molecule is C[C@@H](N)[C@@H]1CCCN(C(=O)COc2ccccc2F)C1. The van der Waals surface area contributed by atoms with Gasteiger partial charge in [-0.2, -0.15) is 0 Å². The summed E-state index contributed by atoms with van der Waals surface area (Å²) < 4.78 is 18.6. The molecule has 2 rings (SSSR count). The molecule has 0 spiro atoms. The lowest BCUT2D eigenvalue weighted by atomic mass is 9.92. The van der Waals surface area contributed by atoms with Crippen LogP contribution < -0.4 is 10.5 Å². The number of para-hydroxylation sites is 1. The van der Waals surface area contributed by atoms with Gasteiger partial charge in [0, 0.05) is 19.1 Å². The Bertz CT molecular complexity index is 465. The van der Waals surface area contributed by atoms with Gasteiger partial charge in [-0.15, -0.1) is 0 Å². The number of hydrogen-bond donors (Lipinski definition) is 1. The van der Waals surface area contributed by atoms with Crippen molar-refractivity contribution in [3.63, 3.8) is 0 Å². The molecule has 1 saturated heterocycles. The molecular weight excluding hydrogens is 259 g/mol. The summed E-state index contributed by atoms with van der Waals surface area (Å²) in [7, 11) is 0. The average Bonchev–Trinajstić information content (AvgIpc) is 2.46. The Morgan fingerprint density at radius 3 is 3.00 bits per heavy atom. The van der Waals surface area contributed by atoms with Gasteiger partial charge in [0.2, 0.25) is 0 Å². The zero-order valence-electron chi connectivity index (χ0n) is 11.7. The maximum atomic E-state index is 13.4. The number of carbonyl (C=O) groups excluding carboxylic acids is 1. The molecule has 1 fully saturated rings. The number of nitrogens with zero attached hydrogens (tertiary/aromatic N) is 1. The van der Waals surface area contributed by atoms with Gasteiger partial charge in [0.05, 0.1) is 0 Å². The minimum absolute atomic E-state index is 0.0816. The van der Waals surface area contributed by atoms with Crippen LogP contribution >= 0.6 is 0 Å². The molecule has 5 heteroatoms. The number of hydrogen-bond acceptors (Lipinski definition) is 3. The monoisotopic (exact) mass is 280 g/mol. The summed E-state index contributed by atoms with van der Waals surface area (Å²) in [6.07, 6.45) is 2.01. The number of benzene rings is 1. The standard InChI is InChI=1S/C15H21FN2O2/c1-11(17)12-5-4-8-18(9-12)15(19)10-20-14-7-3-2-6-13(14)16/h2-3,6-7,11-12H,4-5,8-10,17H2,1H3/t11-,12-/m1/s1. The van der Waals surface area contributed by atoms with Crippen LogP contribution in [0.1, 0.15) is 19.8 Å². The fourth-order valence-corrected chi connectivity index (χ4v) is 2.46. The van der Waals surface area contributed by atoms with Crippen LogP contribution in [0.3, 0.4) is 0 Å². The summed E-state index contributed by atoms with van der Waals surface area (Å²) in [4.78, 5) is 13.9. The van der Waals surface area contributed by atoms with Crippen molar-refractivity contribution in [2.24, 2.45) is 11.7 Å². The Morgan fingerprint density at radius 1 is 1.55 bits per heavy atom. The summed E-state index contributed by atoms with van der Waals surface area (Å²) in [6.45, 7) is 3.22. The first-order valence-electron chi connectivity index (χ1n) is 6.98.